The summed E-state index contributed by atoms with van der Waals surface area (Å²) in [5, 5.41) is 3.51. The topological polar surface area (TPSA) is 21.3 Å². The van der Waals surface area contributed by atoms with Crippen molar-refractivity contribution in [1.82, 2.24) is 0 Å². The summed E-state index contributed by atoms with van der Waals surface area (Å²) in [5.74, 6) is 1.55. The Hall–Kier alpha value is -1.96. The summed E-state index contributed by atoms with van der Waals surface area (Å²) < 4.78 is 6.14. The van der Waals surface area contributed by atoms with Crippen LogP contribution in [-0.2, 0) is 5.41 Å². The third-order valence-corrected chi connectivity index (χ3v) is 4.77. The number of rotatable bonds is 1. The molecule has 0 aliphatic carbocycles. The molecule has 4 rings (SSSR count). The van der Waals surface area contributed by atoms with Crippen molar-refractivity contribution in [2.75, 3.05) is 5.32 Å². The lowest BCUT2D eigenvalue weighted by Gasteiger charge is -2.23. The van der Waals surface area contributed by atoms with Gasteiger partial charge in [0.1, 0.15) is 5.75 Å². The van der Waals surface area contributed by atoms with E-state index in [1.54, 1.807) is 0 Å². The lowest BCUT2D eigenvalue weighted by Crippen LogP contribution is -2.35. The van der Waals surface area contributed by atoms with Crippen molar-refractivity contribution in [3.05, 3.63) is 59.2 Å². The molecular formula is C18H19NO. The summed E-state index contributed by atoms with van der Waals surface area (Å²) in [4.78, 5) is 0. The second-order valence-corrected chi connectivity index (χ2v) is 6.30. The van der Waals surface area contributed by atoms with E-state index in [1.165, 1.54) is 22.4 Å². The molecule has 20 heavy (non-hydrogen) atoms. The summed E-state index contributed by atoms with van der Waals surface area (Å²) in [7, 11) is 0. The highest BCUT2D eigenvalue weighted by molar-refractivity contribution is 5.69. The highest BCUT2D eigenvalue weighted by atomic mass is 16.5. The Bertz CT molecular complexity index is 692. The molecule has 0 saturated heterocycles. The third-order valence-electron chi connectivity index (χ3n) is 4.77. The molecule has 0 fully saturated rings. The molecule has 102 valence electrons. The molecule has 0 radical (unpaired) electrons. The Balaban J connectivity index is 1.93. The molecule has 0 unspecified atom stereocenters. The van der Waals surface area contributed by atoms with Gasteiger partial charge in [-0.2, -0.15) is 0 Å². The molecule has 2 heterocycles. The zero-order valence-corrected chi connectivity index (χ0v) is 12.1. The Morgan fingerprint density at radius 2 is 1.90 bits per heavy atom. The van der Waals surface area contributed by atoms with Crippen LogP contribution >= 0.6 is 0 Å². The van der Waals surface area contributed by atoms with E-state index in [9.17, 15) is 0 Å². The minimum absolute atomic E-state index is 0.0114. The van der Waals surface area contributed by atoms with Crippen LogP contribution in [0.2, 0.25) is 0 Å². The number of anilines is 1. The van der Waals surface area contributed by atoms with Gasteiger partial charge in [0.15, 0.2) is 6.23 Å². The van der Waals surface area contributed by atoms with Crippen molar-refractivity contribution >= 4 is 5.69 Å². The van der Waals surface area contributed by atoms with Gasteiger partial charge in [-0.05, 0) is 36.1 Å². The van der Waals surface area contributed by atoms with Crippen molar-refractivity contribution in [2.45, 2.75) is 38.3 Å². The Kier molecular flexibility index (Phi) is 2.24. The van der Waals surface area contributed by atoms with Crippen molar-refractivity contribution in [3.8, 4) is 5.75 Å². The van der Waals surface area contributed by atoms with Gasteiger partial charge in [0.2, 0.25) is 0 Å². The van der Waals surface area contributed by atoms with E-state index in [2.05, 4.69) is 68.6 Å². The van der Waals surface area contributed by atoms with Crippen LogP contribution in [0.1, 0.15) is 43.4 Å². The first-order chi connectivity index (χ1) is 9.60. The number of nitrogens with one attached hydrogen (secondary N) is 1. The fraction of sp³-hybridized carbons (Fsp3) is 0.333. The molecule has 0 spiro atoms. The molecule has 2 atom stereocenters. The van der Waals surface area contributed by atoms with Gasteiger partial charge in [-0.15, -0.1) is 0 Å². The van der Waals surface area contributed by atoms with Crippen LogP contribution < -0.4 is 10.1 Å². The number of hydrogen-bond donors (Lipinski definition) is 1. The van der Waals surface area contributed by atoms with E-state index in [1.807, 2.05) is 0 Å². The van der Waals surface area contributed by atoms with Crippen LogP contribution in [0.25, 0.3) is 0 Å². The van der Waals surface area contributed by atoms with Crippen molar-refractivity contribution in [2.24, 2.45) is 0 Å². The second-order valence-electron chi connectivity index (χ2n) is 6.30. The number of fused-ring (bicyclic) bond motifs is 5. The van der Waals surface area contributed by atoms with E-state index in [-0.39, 0.29) is 11.6 Å². The van der Waals surface area contributed by atoms with Crippen LogP contribution in [0.3, 0.4) is 0 Å². The number of ether oxygens (including phenoxy) is 1. The van der Waals surface area contributed by atoms with Gasteiger partial charge in [-0.3, -0.25) is 0 Å². The first kappa shape index (κ1) is 11.8. The molecule has 0 saturated carbocycles. The summed E-state index contributed by atoms with van der Waals surface area (Å²) in [6, 6.07) is 15.2. The lowest BCUT2D eigenvalue weighted by atomic mass is 9.77. The first-order valence-electron chi connectivity index (χ1n) is 7.28. The van der Waals surface area contributed by atoms with Gasteiger partial charge in [0, 0.05) is 11.3 Å². The van der Waals surface area contributed by atoms with Gasteiger partial charge >= 0.3 is 0 Å². The molecule has 2 aliphatic heterocycles. The maximum absolute atomic E-state index is 6.14. The van der Waals surface area contributed by atoms with Gasteiger partial charge in [0.25, 0.3) is 0 Å². The van der Waals surface area contributed by atoms with Crippen LogP contribution in [0.4, 0.5) is 5.69 Å². The maximum Gasteiger partial charge on any atom is 0.183 e. The van der Waals surface area contributed by atoms with E-state index in [4.69, 9.17) is 4.74 Å². The quantitative estimate of drug-likeness (QED) is 0.831. The van der Waals surface area contributed by atoms with Crippen molar-refractivity contribution in [3.63, 3.8) is 0 Å². The number of benzene rings is 2. The lowest BCUT2D eigenvalue weighted by molar-refractivity contribution is 0.217. The van der Waals surface area contributed by atoms with E-state index in [0.717, 1.165) is 5.75 Å². The number of hydrogen-bond acceptors (Lipinski definition) is 2. The normalized spacial score (nSPS) is 25.7. The largest absolute Gasteiger partial charge is 0.469 e. The average Bonchev–Trinajstić information content (AvgIpc) is 2.88. The molecule has 2 aromatic carbocycles. The van der Waals surface area contributed by atoms with E-state index >= 15 is 0 Å². The summed E-state index contributed by atoms with van der Waals surface area (Å²) in [6.45, 7) is 6.75. The zero-order valence-electron chi connectivity index (χ0n) is 12.1. The standard InChI is InChI=1S/C18H19NO/c1-11(2)12-8-9-16-14(10-12)18(3)13-6-4-5-7-15(13)19-17(18)20-16/h4-11,17,19H,1-3H3/t17-,18+/m0/s1. The van der Waals surface area contributed by atoms with Gasteiger partial charge in [-0.25, -0.2) is 0 Å². The average molecular weight is 265 g/mol. The minimum atomic E-state index is -0.0865. The fourth-order valence-electron chi connectivity index (χ4n) is 3.46. The maximum atomic E-state index is 6.14. The summed E-state index contributed by atoms with van der Waals surface area (Å²) >= 11 is 0. The highest BCUT2D eigenvalue weighted by Gasteiger charge is 2.52. The monoisotopic (exact) mass is 265 g/mol. The molecule has 1 N–H and O–H groups in total. The van der Waals surface area contributed by atoms with Crippen LogP contribution in [-0.4, -0.2) is 6.23 Å². The Morgan fingerprint density at radius 3 is 2.70 bits per heavy atom. The predicted octanol–water partition coefficient (Wildman–Crippen LogP) is 4.26. The molecule has 2 nitrogen and oxygen atoms in total. The van der Waals surface area contributed by atoms with Gasteiger partial charge < -0.3 is 10.1 Å². The molecular weight excluding hydrogens is 246 g/mol. The molecule has 2 aliphatic rings. The molecule has 0 aromatic heterocycles. The SMILES string of the molecule is CC(C)c1ccc2c(c1)[C@@]1(C)c3ccccc3N[C@H]1O2. The molecule has 2 aromatic rings. The fourth-order valence-corrected chi connectivity index (χ4v) is 3.46. The zero-order chi connectivity index (χ0) is 13.9. The number of para-hydroxylation sites is 1. The summed E-state index contributed by atoms with van der Waals surface area (Å²) in [6.07, 6.45) is 0.0114. The van der Waals surface area contributed by atoms with E-state index in [0.29, 0.717) is 5.92 Å². The smallest absolute Gasteiger partial charge is 0.183 e. The second kappa shape index (κ2) is 3.78. The minimum Gasteiger partial charge on any atom is -0.469 e. The van der Waals surface area contributed by atoms with Gasteiger partial charge in [-0.1, -0.05) is 44.2 Å². The Morgan fingerprint density at radius 1 is 1.10 bits per heavy atom. The first-order valence-corrected chi connectivity index (χ1v) is 7.28. The van der Waals surface area contributed by atoms with E-state index < -0.39 is 0 Å². The molecule has 2 heteroatoms. The highest BCUT2D eigenvalue weighted by Crippen LogP contribution is 2.53. The van der Waals surface area contributed by atoms with Crippen LogP contribution in [0.5, 0.6) is 5.75 Å². The van der Waals surface area contributed by atoms with Crippen LogP contribution in [0, 0.1) is 0 Å². The molecule has 0 bridgehead atoms. The Labute approximate surface area is 119 Å². The third kappa shape index (κ3) is 1.34. The van der Waals surface area contributed by atoms with Crippen molar-refractivity contribution < 1.29 is 4.74 Å². The summed E-state index contributed by atoms with van der Waals surface area (Å²) in [5.41, 5.74) is 5.13. The van der Waals surface area contributed by atoms with Gasteiger partial charge in [0.05, 0.1) is 5.41 Å². The predicted molar refractivity (Wildman–Crippen MR) is 81.5 cm³/mol. The molecule has 0 amide bonds. The van der Waals surface area contributed by atoms with Crippen LogP contribution in [0.15, 0.2) is 42.5 Å². The van der Waals surface area contributed by atoms with Crippen molar-refractivity contribution in [1.29, 1.82) is 0 Å².